The van der Waals surface area contributed by atoms with Crippen molar-refractivity contribution in [3.63, 3.8) is 0 Å². The average Bonchev–Trinajstić information content (AvgIpc) is 2.53. The first kappa shape index (κ1) is 15.4. The van der Waals surface area contributed by atoms with Crippen molar-refractivity contribution in [1.82, 2.24) is 0 Å². The maximum Gasteiger partial charge on any atom is 0.119 e. The molecule has 2 rings (SSSR count). The molecule has 0 saturated carbocycles. The highest BCUT2D eigenvalue weighted by Crippen LogP contribution is 2.15. The molecule has 0 aromatic heterocycles. The summed E-state index contributed by atoms with van der Waals surface area (Å²) >= 11 is 0. The summed E-state index contributed by atoms with van der Waals surface area (Å²) in [6, 6.07) is 16.0. The lowest BCUT2D eigenvalue weighted by Crippen LogP contribution is -2.00. The summed E-state index contributed by atoms with van der Waals surface area (Å²) in [6.07, 6.45) is 2.62. The molecule has 0 radical (unpaired) electrons. The van der Waals surface area contributed by atoms with E-state index in [2.05, 4.69) is 12.1 Å². The SMILES string of the molecule is COc1ccc(CCCOc2cccc(CCO)c2)cc1. The number of aliphatic hydroxyl groups excluding tert-OH is 1. The quantitative estimate of drug-likeness (QED) is 0.757. The minimum atomic E-state index is 0.168. The smallest absolute Gasteiger partial charge is 0.119 e. The second-order valence-corrected chi connectivity index (χ2v) is 4.92. The van der Waals surface area contributed by atoms with Gasteiger partial charge in [0.25, 0.3) is 0 Å². The number of methoxy groups -OCH3 is 1. The third-order valence-electron chi connectivity index (χ3n) is 3.34. The van der Waals surface area contributed by atoms with Crippen LogP contribution in [0.15, 0.2) is 48.5 Å². The molecule has 21 heavy (non-hydrogen) atoms. The van der Waals surface area contributed by atoms with Gasteiger partial charge in [0.2, 0.25) is 0 Å². The molecule has 1 N–H and O–H groups in total. The van der Waals surface area contributed by atoms with Gasteiger partial charge in [0.05, 0.1) is 13.7 Å². The van der Waals surface area contributed by atoms with Crippen LogP contribution in [0.3, 0.4) is 0 Å². The van der Waals surface area contributed by atoms with Crippen LogP contribution in [0.25, 0.3) is 0 Å². The molecule has 0 amide bonds. The van der Waals surface area contributed by atoms with Crippen LogP contribution in [0.2, 0.25) is 0 Å². The standard InChI is InChI=1S/C18H22O3/c1-20-17-9-7-15(8-10-17)5-3-13-21-18-6-2-4-16(14-18)11-12-19/h2,4,6-10,14,19H,3,5,11-13H2,1H3. The Kier molecular flexibility index (Phi) is 6.10. The molecule has 0 aliphatic heterocycles. The highest BCUT2D eigenvalue weighted by atomic mass is 16.5. The fourth-order valence-electron chi connectivity index (χ4n) is 2.18. The van der Waals surface area contributed by atoms with Gasteiger partial charge in [-0.2, -0.15) is 0 Å². The molecule has 0 fully saturated rings. The van der Waals surface area contributed by atoms with Crippen LogP contribution in [-0.2, 0) is 12.8 Å². The zero-order valence-electron chi connectivity index (χ0n) is 12.4. The lowest BCUT2D eigenvalue weighted by atomic mass is 10.1. The van der Waals surface area contributed by atoms with Gasteiger partial charge in [-0.25, -0.2) is 0 Å². The van der Waals surface area contributed by atoms with Gasteiger partial charge in [-0.3, -0.25) is 0 Å². The van der Waals surface area contributed by atoms with Crippen molar-refractivity contribution in [2.24, 2.45) is 0 Å². The fraction of sp³-hybridized carbons (Fsp3) is 0.333. The minimum Gasteiger partial charge on any atom is -0.497 e. The molecule has 3 nitrogen and oxygen atoms in total. The van der Waals surface area contributed by atoms with Crippen LogP contribution in [0.5, 0.6) is 11.5 Å². The van der Waals surface area contributed by atoms with Gasteiger partial charge in [-0.05, 0) is 54.7 Å². The van der Waals surface area contributed by atoms with Gasteiger partial charge in [-0.1, -0.05) is 24.3 Å². The summed E-state index contributed by atoms with van der Waals surface area (Å²) in [7, 11) is 1.67. The third-order valence-corrected chi connectivity index (χ3v) is 3.34. The average molecular weight is 286 g/mol. The third kappa shape index (κ3) is 5.12. The first-order valence-electron chi connectivity index (χ1n) is 7.27. The van der Waals surface area contributed by atoms with Crippen LogP contribution < -0.4 is 9.47 Å². The van der Waals surface area contributed by atoms with E-state index in [0.717, 1.165) is 29.9 Å². The number of benzene rings is 2. The minimum absolute atomic E-state index is 0.168. The van der Waals surface area contributed by atoms with Gasteiger partial charge < -0.3 is 14.6 Å². The number of aliphatic hydroxyl groups is 1. The molecule has 0 unspecified atom stereocenters. The van der Waals surface area contributed by atoms with E-state index in [9.17, 15) is 0 Å². The van der Waals surface area contributed by atoms with Crippen LogP contribution >= 0.6 is 0 Å². The van der Waals surface area contributed by atoms with E-state index in [-0.39, 0.29) is 6.61 Å². The Morgan fingerprint density at radius 1 is 0.905 bits per heavy atom. The Morgan fingerprint density at radius 3 is 2.43 bits per heavy atom. The second kappa shape index (κ2) is 8.32. The van der Waals surface area contributed by atoms with Gasteiger partial charge in [0.1, 0.15) is 11.5 Å². The normalized spacial score (nSPS) is 10.4. The molecule has 0 saturated heterocycles. The van der Waals surface area contributed by atoms with E-state index in [4.69, 9.17) is 14.6 Å². The number of hydrogen-bond donors (Lipinski definition) is 1. The summed E-state index contributed by atoms with van der Waals surface area (Å²) < 4.78 is 10.9. The first-order chi connectivity index (χ1) is 10.3. The number of aryl methyl sites for hydroxylation is 1. The van der Waals surface area contributed by atoms with Gasteiger partial charge in [0, 0.05) is 6.61 Å². The van der Waals surface area contributed by atoms with Crippen molar-refractivity contribution in [3.05, 3.63) is 59.7 Å². The van der Waals surface area contributed by atoms with Crippen molar-refractivity contribution >= 4 is 0 Å². The molecule has 2 aromatic rings. The highest BCUT2D eigenvalue weighted by molar-refractivity contribution is 5.29. The van der Waals surface area contributed by atoms with Crippen molar-refractivity contribution in [3.8, 4) is 11.5 Å². The number of rotatable bonds is 8. The highest BCUT2D eigenvalue weighted by Gasteiger charge is 1.98. The van der Waals surface area contributed by atoms with Crippen LogP contribution in [0.1, 0.15) is 17.5 Å². The van der Waals surface area contributed by atoms with E-state index in [1.54, 1.807) is 7.11 Å². The van der Waals surface area contributed by atoms with E-state index in [1.807, 2.05) is 36.4 Å². The molecule has 2 aromatic carbocycles. The summed E-state index contributed by atoms with van der Waals surface area (Å²) in [5.41, 5.74) is 2.39. The van der Waals surface area contributed by atoms with Crippen molar-refractivity contribution in [2.45, 2.75) is 19.3 Å². The largest absolute Gasteiger partial charge is 0.497 e. The van der Waals surface area contributed by atoms with Crippen LogP contribution in [0, 0.1) is 0 Å². The van der Waals surface area contributed by atoms with Crippen LogP contribution in [-0.4, -0.2) is 25.4 Å². The van der Waals surface area contributed by atoms with Crippen molar-refractivity contribution in [2.75, 3.05) is 20.3 Å². The Balaban J connectivity index is 1.74. The van der Waals surface area contributed by atoms with Gasteiger partial charge >= 0.3 is 0 Å². The molecule has 0 spiro atoms. The predicted molar refractivity (Wildman–Crippen MR) is 84.0 cm³/mol. The number of ether oxygens (including phenoxy) is 2. The van der Waals surface area contributed by atoms with E-state index in [1.165, 1.54) is 5.56 Å². The molecule has 3 heteroatoms. The molecular formula is C18H22O3. The van der Waals surface area contributed by atoms with Gasteiger partial charge in [-0.15, -0.1) is 0 Å². The summed E-state index contributed by atoms with van der Waals surface area (Å²) in [5.74, 6) is 1.76. The monoisotopic (exact) mass is 286 g/mol. The van der Waals surface area contributed by atoms with E-state index >= 15 is 0 Å². The predicted octanol–water partition coefficient (Wildman–Crippen LogP) is 3.24. The topological polar surface area (TPSA) is 38.7 Å². The Bertz CT molecular complexity index is 534. The molecule has 0 heterocycles. The molecule has 0 atom stereocenters. The first-order valence-corrected chi connectivity index (χ1v) is 7.27. The van der Waals surface area contributed by atoms with E-state index in [0.29, 0.717) is 13.0 Å². The van der Waals surface area contributed by atoms with Crippen molar-refractivity contribution in [1.29, 1.82) is 0 Å². The maximum atomic E-state index is 8.94. The molecule has 112 valence electrons. The molecule has 0 bridgehead atoms. The Hall–Kier alpha value is -2.00. The van der Waals surface area contributed by atoms with Crippen LogP contribution in [0.4, 0.5) is 0 Å². The fourth-order valence-corrected chi connectivity index (χ4v) is 2.18. The van der Waals surface area contributed by atoms with Gasteiger partial charge in [0.15, 0.2) is 0 Å². The molecule has 0 aliphatic rings. The summed E-state index contributed by atoms with van der Waals surface area (Å²) in [5, 5.41) is 8.94. The lowest BCUT2D eigenvalue weighted by molar-refractivity contribution is 0.297. The summed E-state index contributed by atoms with van der Waals surface area (Å²) in [4.78, 5) is 0. The molecule has 0 aliphatic carbocycles. The maximum absolute atomic E-state index is 8.94. The Labute approximate surface area is 126 Å². The lowest BCUT2D eigenvalue weighted by Gasteiger charge is -2.08. The zero-order chi connectivity index (χ0) is 14.9. The van der Waals surface area contributed by atoms with Crippen molar-refractivity contribution < 1.29 is 14.6 Å². The zero-order valence-corrected chi connectivity index (χ0v) is 12.4. The summed E-state index contributed by atoms with van der Waals surface area (Å²) in [6.45, 7) is 0.857. The van der Waals surface area contributed by atoms with E-state index < -0.39 is 0 Å². The number of hydrogen-bond acceptors (Lipinski definition) is 3. The molecular weight excluding hydrogens is 264 g/mol. The Morgan fingerprint density at radius 2 is 1.71 bits per heavy atom. The second-order valence-electron chi connectivity index (χ2n) is 4.92.